The lowest BCUT2D eigenvalue weighted by Gasteiger charge is -2.12. The van der Waals surface area contributed by atoms with Gasteiger partial charge in [0.15, 0.2) is 11.6 Å². The Hall–Kier alpha value is -3.16. The standard InChI is InChI=1S/C18H20N4O4/c1-4-6-13-14-15(21-20-13)17(23)22(3)16(19-14)11-7-5-8-12(9-11)26-10(2)18(24)25/h5,7-10H,4,6H2,1-3H3,(H,20,21)(H,24,25). The maximum absolute atomic E-state index is 12.6. The Morgan fingerprint density at radius 3 is 2.85 bits per heavy atom. The molecule has 26 heavy (non-hydrogen) atoms. The van der Waals surface area contributed by atoms with E-state index in [2.05, 4.69) is 15.2 Å². The van der Waals surface area contributed by atoms with Crippen LogP contribution in [0.5, 0.6) is 5.75 Å². The van der Waals surface area contributed by atoms with Crippen LogP contribution in [0.3, 0.4) is 0 Å². The molecule has 1 aromatic carbocycles. The number of benzene rings is 1. The summed E-state index contributed by atoms with van der Waals surface area (Å²) in [6.45, 7) is 3.50. The van der Waals surface area contributed by atoms with Crippen LogP contribution in [0.4, 0.5) is 0 Å². The van der Waals surface area contributed by atoms with E-state index in [4.69, 9.17) is 9.84 Å². The van der Waals surface area contributed by atoms with Crippen LogP contribution >= 0.6 is 0 Å². The first-order chi connectivity index (χ1) is 12.4. The number of hydrogen-bond donors (Lipinski definition) is 2. The van der Waals surface area contributed by atoms with Crippen molar-refractivity contribution in [1.82, 2.24) is 19.7 Å². The van der Waals surface area contributed by atoms with Gasteiger partial charge in [-0.15, -0.1) is 0 Å². The van der Waals surface area contributed by atoms with E-state index in [1.807, 2.05) is 6.92 Å². The van der Waals surface area contributed by atoms with Gasteiger partial charge in [-0.05, 0) is 25.5 Å². The molecule has 0 amide bonds. The van der Waals surface area contributed by atoms with E-state index in [9.17, 15) is 9.59 Å². The summed E-state index contributed by atoms with van der Waals surface area (Å²) >= 11 is 0. The zero-order valence-corrected chi connectivity index (χ0v) is 14.8. The van der Waals surface area contributed by atoms with Crippen molar-refractivity contribution in [1.29, 1.82) is 0 Å². The number of nitrogens with one attached hydrogen (secondary N) is 1. The number of H-pyrrole nitrogens is 1. The number of aryl methyl sites for hydroxylation is 1. The van der Waals surface area contributed by atoms with Gasteiger partial charge in [-0.25, -0.2) is 9.78 Å². The Morgan fingerprint density at radius 1 is 1.38 bits per heavy atom. The zero-order valence-electron chi connectivity index (χ0n) is 14.8. The van der Waals surface area contributed by atoms with E-state index in [1.165, 1.54) is 11.5 Å². The second-order valence-corrected chi connectivity index (χ2v) is 6.08. The monoisotopic (exact) mass is 356 g/mol. The minimum absolute atomic E-state index is 0.242. The molecule has 0 bridgehead atoms. The summed E-state index contributed by atoms with van der Waals surface area (Å²) in [5, 5.41) is 16.0. The lowest BCUT2D eigenvalue weighted by atomic mass is 10.1. The summed E-state index contributed by atoms with van der Waals surface area (Å²) in [5.74, 6) is -0.188. The first-order valence-electron chi connectivity index (χ1n) is 8.36. The number of aromatic amines is 1. The van der Waals surface area contributed by atoms with Crippen molar-refractivity contribution in [2.75, 3.05) is 0 Å². The molecule has 2 aromatic heterocycles. The normalized spacial score (nSPS) is 12.3. The van der Waals surface area contributed by atoms with Gasteiger partial charge in [0.1, 0.15) is 17.1 Å². The molecular weight excluding hydrogens is 336 g/mol. The van der Waals surface area contributed by atoms with Crippen molar-refractivity contribution in [2.24, 2.45) is 7.05 Å². The molecule has 1 unspecified atom stereocenters. The van der Waals surface area contributed by atoms with Gasteiger partial charge in [-0.3, -0.25) is 14.5 Å². The van der Waals surface area contributed by atoms with Gasteiger partial charge < -0.3 is 9.84 Å². The van der Waals surface area contributed by atoms with Crippen LogP contribution in [0.1, 0.15) is 26.0 Å². The fraction of sp³-hybridized carbons (Fsp3) is 0.333. The third-order valence-electron chi connectivity index (χ3n) is 4.11. The predicted octanol–water partition coefficient (Wildman–Crippen LogP) is 2.13. The minimum Gasteiger partial charge on any atom is -0.479 e. The summed E-state index contributed by atoms with van der Waals surface area (Å²) in [6.07, 6.45) is 0.671. The van der Waals surface area contributed by atoms with Crippen molar-refractivity contribution >= 4 is 17.0 Å². The van der Waals surface area contributed by atoms with Gasteiger partial charge >= 0.3 is 5.97 Å². The second-order valence-electron chi connectivity index (χ2n) is 6.08. The fourth-order valence-corrected chi connectivity index (χ4v) is 2.72. The van der Waals surface area contributed by atoms with Crippen LogP contribution in [0.25, 0.3) is 22.4 Å². The van der Waals surface area contributed by atoms with Crippen molar-refractivity contribution in [2.45, 2.75) is 32.8 Å². The van der Waals surface area contributed by atoms with Crippen LogP contribution in [0, 0.1) is 0 Å². The molecule has 0 radical (unpaired) electrons. The molecule has 0 aliphatic carbocycles. The lowest BCUT2D eigenvalue weighted by Crippen LogP contribution is -2.23. The second kappa shape index (κ2) is 6.99. The van der Waals surface area contributed by atoms with E-state index >= 15 is 0 Å². The Bertz CT molecular complexity index is 1020. The van der Waals surface area contributed by atoms with Crippen molar-refractivity contribution in [3.8, 4) is 17.1 Å². The maximum Gasteiger partial charge on any atom is 0.344 e. The Labute approximate surface area is 149 Å². The quantitative estimate of drug-likeness (QED) is 0.700. The predicted molar refractivity (Wildman–Crippen MR) is 96.3 cm³/mol. The number of carboxylic acid groups (broad SMARTS) is 1. The number of carboxylic acids is 1. The fourth-order valence-electron chi connectivity index (χ4n) is 2.72. The molecule has 1 atom stereocenters. The highest BCUT2D eigenvalue weighted by Crippen LogP contribution is 2.24. The molecule has 2 N–H and O–H groups in total. The molecular formula is C18H20N4O4. The Balaban J connectivity index is 2.10. The van der Waals surface area contributed by atoms with E-state index in [0.29, 0.717) is 28.2 Å². The molecule has 0 aliphatic rings. The van der Waals surface area contributed by atoms with Crippen molar-refractivity contribution < 1.29 is 14.6 Å². The van der Waals surface area contributed by atoms with Crippen molar-refractivity contribution in [3.05, 3.63) is 40.3 Å². The molecule has 0 spiro atoms. The van der Waals surface area contributed by atoms with Gasteiger partial charge in [-0.1, -0.05) is 25.5 Å². The molecule has 0 saturated heterocycles. The number of aromatic nitrogens is 4. The zero-order chi connectivity index (χ0) is 18.8. The molecule has 2 heterocycles. The van der Waals surface area contributed by atoms with E-state index in [1.54, 1.807) is 31.3 Å². The highest BCUT2D eigenvalue weighted by molar-refractivity contribution is 5.78. The molecule has 8 nitrogen and oxygen atoms in total. The molecule has 0 fully saturated rings. The number of carbonyl (C=O) groups is 1. The molecule has 136 valence electrons. The van der Waals surface area contributed by atoms with E-state index < -0.39 is 12.1 Å². The third-order valence-corrected chi connectivity index (χ3v) is 4.11. The minimum atomic E-state index is -1.05. The van der Waals surface area contributed by atoms with E-state index in [0.717, 1.165) is 18.5 Å². The molecule has 8 heteroatoms. The van der Waals surface area contributed by atoms with Crippen molar-refractivity contribution in [3.63, 3.8) is 0 Å². The van der Waals surface area contributed by atoms with E-state index in [-0.39, 0.29) is 5.56 Å². The average molecular weight is 356 g/mol. The summed E-state index contributed by atoms with van der Waals surface area (Å²) < 4.78 is 6.84. The topological polar surface area (TPSA) is 110 Å². The number of ether oxygens (including phenoxy) is 1. The van der Waals surface area contributed by atoms with Crippen LogP contribution in [-0.2, 0) is 18.3 Å². The van der Waals surface area contributed by atoms with Gasteiger partial charge in [0.05, 0.1) is 5.69 Å². The average Bonchev–Trinajstić information content (AvgIpc) is 3.01. The summed E-state index contributed by atoms with van der Waals surface area (Å²) in [4.78, 5) is 28.2. The lowest BCUT2D eigenvalue weighted by molar-refractivity contribution is -0.144. The summed E-state index contributed by atoms with van der Waals surface area (Å²) in [7, 11) is 1.63. The van der Waals surface area contributed by atoms with Crippen LogP contribution < -0.4 is 10.3 Å². The van der Waals surface area contributed by atoms with Gasteiger partial charge in [0.25, 0.3) is 5.56 Å². The number of aliphatic carboxylic acids is 1. The Morgan fingerprint density at radius 2 is 2.15 bits per heavy atom. The Kier molecular flexibility index (Phi) is 4.75. The molecule has 3 aromatic rings. The number of rotatable bonds is 6. The van der Waals surface area contributed by atoms with Crippen LogP contribution in [0.2, 0.25) is 0 Å². The van der Waals surface area contributed by atoms with Crippen LogP contribution in [0.15, 0.2) is 29.1 Å². The highest BCUT2D eigenvalue weighted by atomic mass is 16.5. The summed E-state index contributed by atoms with van der Waals surface area (Å²) in [6, 6.07) is 6.87. The first kappa shape index (κ1) is 17.7. The number of fused-ring (bicyclic) bond motifs is 1. The molecule has 0 aliphatic heterocycles. The maximum atomic E-state index is 12.6. The van der Waals surface area contributed by atoms with Crippen LogP contribution in [-0.4, -0.2) is 36.9 Å². The van der Waals surface area contributed by atoms with Gasteiger partial charge in [0, 0.05) is 12.6 Å². The first-order valence-corrected chi connectivity index (χ1v) is 8.36. The SMILES string of the molecule is CCCc1[nH]nc2c(=O)n(C)c(-c3cccc(OC(C)C(=O)O)c3)nc12. The summed E-state index contributed by atoms with van der Waals surface area (Å²) in [5.41, 5.74) is 2.12. The number of nitrogens with zero attached hydrogens (tertiary/aromatic N) is 3. The third kappa shape index (κ3) is 3.17. The highest BCUT2D eigenvalue weighted by Gasteiger charge is 2.17. The largest absolute Gasteiger partial charge is 0.479 e. The van der Waals surface area contributed by atoms with Gasteiger partial charge in [0.2, 0.25) is 0 Å². The molecule has 0 saturated carbocycles. The number of hydrogen-bond acceptors (Lipinski definition) is 5. The smallest absolute Gasteiger partial charge is 0.344 e. The molecule has 3 rings (SSSR count). The van der Waals surface area contributed by atoms with Gasteiger partial charge in [-0.2, -0.15) is 5.10 Å².